The van der Waals surface area contributed by atoms with E-state index in [-0.39, 0.29) is 17.5 Å². The Morgan fingerprint density at radius 1 is 1.10 bits per heavy atom. The van der Waals surface area contributed by atoms with Gasteiger partial charge in [0.15, 0.2) is 0 Å². The normalized spacial score (nSPS) is 16.0. The minimum atomic E-state index is -0.446. The molecule has 0 bridgehead atoms. The van der Waals surface area contributed by atoms with Crippen molar-refractivity contribution in [2.45, 2.75) is 32.2 Å². The summed E-state index contributed by atoms with van der Waals surface area (Å²) in [7, 11) is 1.79. The van der Waals surface area contributed by atoms with Crippen LogP contribution in [-0.2, 0) is 6.42 Å². The van der Waals surface area contributed by atoms with Crippen molar-refractivity contribution in [3.63, 3.8) is 0 Å². The van der Waals surface area contributed by atoms with E-state index in [0.717, 1.165) is 47.0 Å². The summed E-state index contributed by atoms with van der Waals surface area (Å²) in [5.74, 6) is -0.553. The van der Waals surface area contributed by atoms with E-state index in [2.05, 4.69) is 9.97 Å². The average Bonchev–Trinajstić information content (AvgIpc) is 3.18. The van der Waals surface area contributed by atoms with Gasteiger partial charge in [-0.05, 0) is 61.4 Å². The van der Waals surface area contributed by atoms with Crippen molar-refractivity contribution in [1.29, 1.82) is 0 Å². The van der Waals surface area contributed by atoms with Gasteiger partial charge in [-0.2, -0.15) is 0 Å². The van der Waals surface area contributed by atoms with Gasteiger partial charge in [0.1, 0.15) is 11.5 Å². The fraction of sp³-hybridized carbons (Fsp3) is 0.250. The molecule has 0 unspecified atom stereocenters. The quantitative estimate of drug-likeness (QED) is 0.513. The van der Waals surface area contributed by atoms with Crippen molar-refractivity contribution in [1.82, 2.24) is 14.9 Å². The molecule has 0 spiro atoms. The SMILES string of the molecule is Cc1cccc2[nH]c(C(=O)N(C)[C@H]3CCCc4[nH]c(=O)c5cc(F)ccc5c43)cc12. The maximum Gasteiger partial charge on any atom is 0.270 e. The van der Waals surface area contributed by atoms with Crippen LogP contribution in [0.25, 0.3) is 21.7 Å². The first kappa shape index (κ1) is 18.6. The van der Waals surface area contributed by atoms with E-state index in [1.165, 1.54) is 12.1 Å². The van der Waals surface area contributed by atoms with Crippen molar-refractivity contribution in [3.05, 3.63) is 81.2 Å². The lowest BCUT2D eigenvalue weighted by atomic mass is 9.86. The van der Waals surface area contributed by atoms with Crippen LogP contribution in [0.4, 0.5) is 4.39 Å². The van der Waals surface area contributed by atoms with Crippen molar-refractivity contribution >= 4 is 27.6 Å². The van der Waals surface area contributed by atoms with E-state index >= 15 is 0 Å². The van der Waals surface area contributed by atoms with Crippen LogP contribution < -0.4 is 5.56 Å². The second kappa shape index (κ2) is 6.83. The Bertz CT molecular complexity index is 1370. The number of rotatable bonds is 2. The van der Waals surface area contributed by atoms with E-state index in [4.69, 9.17) is 0 Å². The Morgan fingerprint density at radius 3 is 2.73 bits per heavy atom. The van der Waals surface area contributed by atoms with Gasteiger partial charge in [-0.15, -0.1) is 0 Å². The van der Waals surface area contributed by atoms with Crippen LogP contribution in [0.3, 0.4) is 0 Å². The fourth-order valence-electron chi connectivity index (χ4n) is 4.71. The predicted molar refractivity (Wildman–Crippen MR) is 115 cm³/mol. The zero-order valence-electron chi connectivity index (χ0n) is 16.9. The molecule has 2 heterocycles. The molecule has 0 fully saturated rings. The second-order valence-corrected chi connectivity index (χ2v) is 8.08. The van der Waals surface area contributed by atoms with Crippen LogP contribution in [0, 0.1) is 12.7 Å². The monoisotopic (exact) mass is 403 g/mol. The molecule has 0 aliphatic heterocycles. The number of nitrogens with zero attached hydrogens (tertiary/aromatic N) is 1. The number of carbonyl (C=O) groups is 1. The smallest absolute Gasteiger partial charge is 0.270 e. The second-order valence-electron chi connectivity index (χ2n) is 8.08. The number of pyridine rings is 1. The third-order valence-electron chi connectivity index (χ3n) is 6.24. The van der Waals surface area contributed by atoms with Crippen LogP contribution in [0.5, 0.6) is 0 Å². The third kappa shape index (κ3) is 2.83. The highest BCUT2D eigenvalue weighted by molar-refractivity contribution is 5.99. The number of carbonyl (C=O) groups excluding carboxylic acids is 1. The standard InChI is InChI=1S/C24H22FN3O2/c1-13-5-3-6-18-16(13)12-20(26-18)24(30)28(2)21-8-4-7-19-22(21)15-10-9-14(25)11-17(15)23(29)27-19/h3,5-6,9-12,21,26H,4,7-8H2,1-2H3,(H,27,29)/t21-/m0/s1. The highest BCUT2D eigenvalue weighted by Gasteiger charge is 2.30. The molecule has 0 radical (unpaired) electrons. The Hall–Kier alpha value is -3.41. The third-order valence-corrected chi connectivity index (χ3v) is 6.24. The largest absolute Gasteiger partial charge is 0.351 e. The molecule has 1 aliphatic carbocycles. The van der Waals surface area contributed by atoms with Crippen LogP contribution in [0.2, 0.25) is 0 Å². The molecular formula is C24H22FN3O2. The first-order valence-electron chi connectivity index (χ1n) is 10.1. The number of aromatic amines is 2. The molecule has 1 atom stereocenters. The van der Waals surface area contributed by atoms with Gasteiger partial charge in [0.05, 0.1) is 11.4 Å². The molecule has 30 heavy (non-hydrogen) atoms. The van der Waals surface area contributed by atoms with E-state index in [1.807, 2.05) is 31.2 Å². The van der Waals surface area contributed by atoms with Crippen LogP contribution in [-0.4, -0.2) is 27.8 Å². The first-order valence-corrected chi connectivity index (χ1v) is 10.1. The summed E-state index contributed by atoms with van der Waals surface area (Å²) in [6, 6.07) is 11.9. The Balaban J connectivity index is 1.60. The summed E-state index contributed by atoms with van der Waals surface area (Å²) in [4.78, 5) is 33.7. The van der Waals surface area contributed by atoms with E-state index in [0.29, 0.717) is 16.5 Å². The number of aryl methyl sites for hydroxylation is 2. The highest BCUT2D eigenvalue weighted by Crippen LogP contribution is 2.37. The minimum Gasteiger partial charge on any atom is -0.351 e. The molecule has 0 saturated heterocycles. The molecule has 4 aromatic rings. The minimum absolute atomic E-state index is 0.107. The van der Waals surface area contributed by atoms with Crippen LogP contribution >= 0.6 is 0 Å². The van der Waals surface area contributed by atoms with Crippen molar-refractivity contribution in [3.8, 4) is 0 Å². The number of halogens is 1. The molecule has 1 amide bonds. The van der Waals surface area contributed by atoms with Crippen molar-refractivity contribution in [2.75, 3.05) is 7.05 Å². The summed E-state index contributed by atoms with van der Waals surface area (Å²) in [6.45, 7) is 2.02. The van der Waals surface area contributed by atoms with Crippen LogP contribution in [0.15, 0.2) is 47.3 Å². The van der Waals surface area contributed by atoms with Gasteiger partial charge in [0, 0.05) is 29.2 Å². The van der Waals surface area contributed by atoms with Gasteiger partial charge in [-0.25, -0.2) is 4.39 Å². The number of benzene rings is 2. The molecule has 2 aromatic heterocycles. The molecule has 1 aliphatic rings. The average molecular weight is 403 g/mol. The molecule has 152 valence electrons. The van der Waals surface area contributed by atoms with Gasteiger partial charge >= 0.3 is 0 Å². The fourth-order valence-corrected chi connectivity index (χ4v) is 4.71. The number of nitrogens with one attached hydrogen (secondary N) is 2. The van der Waals surface area contributed by atoms with E-state index in [9.17, 15) is 14.0 Å². The highest BCUT2D eigenvalue weighted by atomic mass is 19.1. The number of aromatic nitrogens is 2. The zero-order chi connectivity index (χ0) is 21.0. The molecule has 2 N–H and O–H groups in total. The van der Waals surface area contributed by atoms with Gasteiger partial charge < -0.3 is 14.9 Å². The lowest BCUT2D eigenvalue weighted by Crippen LogP contribution is -2.34. The molecule has 6 heteroatoms. The lowest BCUT2D eigenvalue weighted by molar-refractivity contribution is 0.0711. The number of hydrogen-bond donors (Lipinski definition) is 2. The summed E-state index contributed by atoms with van der Waals surface area (Å²) >= 11 is 0. The van der Waals surface area contributed by atoms with E-state index < -0.39 is 5.82 Å². The van der Waals surface area contributed by atoms with Gasteiger partial charge in [0.2, 0.25) is 0 Å². The first-order chi connectivity index (χ1) is 14.4. The predicted octanol–water partition coefficient (Wildman–Crippen LogP) is 4.61. The number of hydrogen-bond acceptors (Lipinski definition) is 2. The summed E-state index contributed by atoms with van der Waals surface area (Å²) in [5.41, 5.74) is 4.04. The summed E-state index contributed by atoms with van der Waals surface area (Å²) < 4.78 is 13.8. The Labute approximate surface area is 172 Å². The number of fused-ring (bicyclic) bond motifs is 4. The molecule has 5 rings (SSSR count). The Kier molecular flexibility index (Phi) is 4.24. The van der Waals surface area contributed by atoms with Gasteiger partial charge in [0.25, 0.3) is 11.5 Å². The maximum atomic E-state index is 13.8. The lowest BCUT2D eigenvalue weighted by Gasteiger charge is -2.33. The molecule has 5 nitrogen and oxygen atoms in total. The van der Waals surface area contributed by atoms with E-state index in [1.54, 1.807) is 18.0 Å². The summed E-state index contributed by atoms with van der Waals surface area (Å²) in [5, 5.41) is 2.07. The number of H-pyrrole nitrogens is 2. The summed E-state index contributed by atoms with van der Waals surface area (Å²) in [6.07, 6.45) is 2.39. The zero-order valence-corrected chi connectivity index (χ0v) is 16.9. The Morgan fingerprint density at radius 2 is 1.93 bits per heavy atom. The van der Waals surface area contributed by atoms with Crippen LogP contribution in [0.1, 0.15) is 46.2 Å². The molecular weight excluding hydrogens is 381 g/mol. The maximum absolute atomic E-state index is 13.8. The number of amides is 1. The van der Waals surface area contributed by atoms with Crippen molar-refractivity contribution in [2.24, 2.45) is 0 Å². The van der Waals surface area contributed by atoms with Gasteiger partial charge in [-0.3, -0.25) is 9.59 Å². The molecule has 2 aromatic carbocycles. The molecule has 0 saturated carbocycles. The van der Waals surface area contributed by atoms with Gasteiger partial charge in [-0.1, -0.05) is 18.2 Å². The van der Waals surface area contributed by atoms with Crippen molar-refractivity contribution < 1.29 is 9.18 Å². The topological polar surface area (TPSA) is 69.0 Å².